The number of aromatic nitrogens is 2. The van der Waals surface area contributed by atoms with Crippen LogP contribution in [0.4, 0.5) is 17.5 Å². The first-order chi connectivity index (χ1) is 11.3. The summed E-state index contributed by atoms with van der Waals surface area (Å²) in [6.07, 6.45) is 0. The molecule has 1 aromatic carbocycles. The molecule has 8 nitrogen and oxygen atoms in total. The van der Waals surface area contributed by atoms with Gasteiger partial charge in [0.1, 0.15) is 17.2 Å². The molecule has 0 bridgehead atoms. The number of anilines is 3. The maximum atomic E-state index is 6.10. The van der Waals surface area contributed by atoms with Gasteiger partial charge in [-0.05, 0) is 34.5 Å². The van der Waals surface area contributed by atoms with Crippen LogP contribution in [0.1, 0.15) is 11.1 Å². The van der Waals surface area contributed by atoms with E-state index >= 15 is 0 Å². The monoisotopic (exact) mass is 416 g/mol. The SMILES string of the molecule is COc1cc(CN(N)c2nc(N)nc(Cl)c2N)c(Br)c(OC)c1C. The maximum absolute atomic E-state index is 6.10. The normalized spacial score (nSPS) is 10.6. The topological polar surface area (TPSA) is 126 Å². The van der Waals surface area contributed by atoms with Crippen molar-refractivity contribution in [3.8, 4) is 11.5 Å². The summed E-state index contributed by atoms with van der Waals surface area (Å²) in [4.78, 5) is 7.83. The molecular weight excluding hydrogens is 400 g/mol. The van der Waals surface area contributed by atoms with Crippen LogP contribution in [0, 0.1) is 6.92 Å². The molecule has 0 atom stereocenters. The molecule has 1 heterocycles. The van der Waals surface area contributed by atoms with Crippen LogP contribution in [-0.2, 0) is 6.54 Å². The van der Waals surface area contributed by atoms with Gasteiger partial charge in [-0.3, -0.25) is 5.01 Å². The molecule has 10 heteroatoms. The van der Waals surface area contributed by atoms with Crippen molar-refractivity contribution in [2.45, 2.75) is 13.5 Å². The lowest BCUT2D eigenvalue weighted by Crippen LogP contribution is -2.32. The van der Waals surface area contributed by atoms with Gasteiger partial charge in [0.15, 0.2) is 11.0 Å². The molecule has 0 aliphatic carbocycles. The minimum Gasteiger partial charge on any atom is -0.496 e. The first kappa shape index (κ1) is 18.4. The standard InChI is InChI=1S/C14H18BrClN6O2/c1-6-8(23-2)4-7(9(15)11(6)24-3)5-22(19)13-10(17)12(16)20-14(18)21-13/h4H,5,17,19H2,1-3H3,(H2,18,20,21). The molecule has 2 rings (SSSR count). The Morgan fingerprint density at radius 1 is 1.25 bits per heavy atom. The van der Waals surface area contributed by atoms with Gasteiger partial charge in [0.25, 0.3) is 0 Å². The maximum Gasteiger partial charge on any atom is 0.223 e. The number of nitrogens with two attached hydrogens (primary N) is 3. The van der Waals surface area contributed by atoms with Crippen LogP contribution >= 0.6 is 27.5 Å². The predicted molar refractivity (Wildman–Crippen MR) is 98.2 cm³/mol. The average molecular weight is 418 g/mol. The number of hydrogen-bond acceptors (Lipinski definition) is 8. The Labute approximate surface area is 153 Å². The second-order valence-electron chi connectivity index (χ2n) is 4.95. The van der Waals surface area contributed by atoms with Crippen molar-refractivity contribution in [2.75, 3.05) is 30.7 Å². The Morgan fingerprint density at radius 3 is 2.50 bits per heavy atom. The third-order valence-electron chi connectivity index (χ3n) is 3.43. The largest absolute Gasteiger partial charge is 0.496 e. The first-order valence-electron chi connectivity index (χ1n) is 6.80. The van der Waals surface area contributed by atoms with E-state index < -0.39 is 0 Å². The van der Waals surface area contributed by atoms with Gasteiger partial charge in [-0.1, -0.05) is 11.6 Å². The summed E-state index contributed by atoms with van der Waals surface area (Å²) in [6.45, 7) is 2.15. The van der Waals surface area contributed by atoms with Crippen LogP contribution in [0.5, 0.6) is 11.5 Å². The summed E-state index contributed by atoms with van der Waals surface area (Å²) in [7, 11) is 3.17. The van der Waals surface area contributed by atoms with Gasteiger partial charge >= 0.3 is 0 Å². The summed E-state index contributed by atoms with van der Waals surface area (Å²) in [5, 5.41) is 1.37. The molecular formula is C14H18BrClN6O2. The van der Waals surface area contributed by atoms with E-state index in [9.17, 15) is 0 Å². The van der Waals surface area contributed by atoms with Crippen molar-refractivity contribution in [3.63, 3.8) is 0 Å². The highest BCUT2D eigenvalue weighted by molar-refractivity contribution is 9.10. The molecule has 6 N–H and O–H groups in total. The molecule has 24 heavy (non-hydrogen) atoms. The Hall–Kier alpha value is -1.97. The van der Waals surface area contributed by atoms with E-state index in [1.807, 2.05) is 13.0 Å². The van der Waals surface area contributed by atoms with Crippen LogP contribution in [0.25, 0.3) is 0 Å². The van der Waals surface area contributed by atoms with Crippen molar-refractivity contribution in [2.24, 2.45) is 5.84 Å². The minimum atomic E-state index is -0.0159. The predicted octanol–water partition coefficient (Wildman–Crippen LogP) is 2.26. The van der Waals surface area contributed by atoms with E-state index in [-0.39, 0.29) is 29.2 Å². The number of hydrogen-bond donors (Lipinski definition) is 3. The quantitative estimate of drug-likeness (QED) is 0.384. The lowest BCUT2D eigenvalue weighted by molar-refractivity contribution is 0.386. The van der Waals surface area contributed by atoms with Crippen LogP contribution < -0.4 is 31.8 Å². The second kappa shape index (κ2) is 7.29. The Balaban J connectivity index is 2.44. The zero-order chi connectivity index (χ0) is 18.0. The van der Waals surface area contributed by atoms with Crippen LogP contribution in [-0.4, -0.2) is 24.2 Å². The number of rotatable bonds is 5. The van der Waals surface area contributed by atoms with E-state index in [1.54, 1.807) is 14.2 Å². The number of nitrogens with zero attached hydrogens (tertiary/aromatic N) is 3. The molecule has 0 aliphatic rings. The van der Waals surface area contributed by atoms with Crippen molar-refractivity contribution < 1.29 is 9.47 Å². The number of hydrazine groups is 1. The van der Waals surface area contributed by atoms with Crippen LogP contribution in [0.3, 0.4) is 0 Å². The van der Waals surface area contributed by atoms with Gasteiger partial charge in [0, 0.05) is 5.56 Å². The number of methoxy groups -OCH3 is 2. The van der Waals surface area contributed by atoms with Gasteiger partial charge in [0.05, 0.1) is 25.2 Å². The summed E-state index contributed by atoms with van der Waals surface area (Å²) < 4.78 is 11.6. The minimum absolute atomic E-state index is 0.0159. The summed E-state index contributed by atoms with van der Waals surface area (Å²) in [6, 6.07) is 1.85. The Kier molecular flexibility index (Phi) is 5.58. The van der Waals surface area contributed by atoms with Crippen molar-refractivity contribution in [1.82, 2.24) is 9.97 Å². The Bertz CT molecular complexity index is 774. The van der Waals surface area contributed by atoms with Gasteiger partial charge in [-0.15, -0.1) is 0 Å². The zero-order valence-electron chi connectivity index (χ0n) is 13.4. The fourth-order valence-corrected chi connectivity index (χ4v) is 3.12. The second-order valence-corrected chi connectivity index (χ2v) is 6.10. The van der Waals surface area contributed by atoms with E-state index in [0.29, 0.717) is 11.5 Å². The smallest absolute Gasteiger partial charge is 0.223 e. The van der Waals surface area contributed by atoms with Crippen LogP contribution in [0.15, 0.2) is 10.5 Å². The lowest BCUT2D eigenvalue weighted by atomic mass is 10.1. The fraction of sp³-hybridized carbons (Fsp3) is 0.286. The zero-order valence-corrected chi connectivity index (χ0v) is 15.8. The molecule has 0 radical (unpaired) electrons. The summed E-state index contributed by atoms with van der Waals surface area (Å²) in [5.41, 5.74) is 13.3. The number of ether oxygens (including phenoxy) is 2. The third kappa shape index (κ3) is 3.42. The van der Waals surface area contributed by atoms with Crippen molar-refractivity contribution in [1.29, 1.82) is 0 Å². The number of benzene rings is 1. The number of halogens is 2. The molecule has 0 saturated carbocycles. The van der Waals surface area contributed by atoms with E-state index in [0.717, 1.165) is 15.6 Å². The average Bonchev–Trinajstić information content (AvgIpc) is 2.53. The molecule has 0 aliphatic heterocycles. The Morgan fingerprint density at radius 2 is 1.92 bits per heavy atom. The highest BCUT2D eigenvalue weighted by atomic mass is 79.9. The first-order valence-corrected chi connectivity index (χ1v) is 7.97. The summed E-state index contributed by atoms with van der Waals surface area (Å²) in [5.74, 6) is 7.65. The highest BCUT2D eigenvalue weighted by Gasteiger charge is 2.19. The highest BCUT2D eigenvalue weighted by Crippen LogP contribution is 2.39. The number of nitrogen functional groups attached to an aromatic ring is 2. The van der Waals surface area contributed by atoms with E-state index in [1.165, 1.54) is 5.01 Å². The van der Waals surface area contributed by atoms with Crippen LogP contribution in [0.2, 0.25) is 5.15 Å². The molecule has 2 aromatic rings. The molecule has 0 unspecified atom stereocenters. The lowest BCUT2D eigenvalue weighted by Gasteiger charge is -2.22. The fourth-order valence-electron chi connectivity index (χ4n) is 2.25. The molecule has 0 saturated heterocycles. The third-order valence-corrected chi connectivity index (χ3v) is 4.59. The van der Waals surface area contributed by atoms with Crippen molar-refractivity contribution >= 4 is 45.0 Å². The molecule has 0 spiro atoms. The van der Waals surface area contributed by atoms with E-state index in [2.05, 4.69) is 25.9 Å². The van der Waals surface area contributed by atoms with Gasteiger partial charge in [-0.2, -0.15) is 9.97 Å². The van der Waals surface area contributed by atoms with Gasteiger partial charge < -0.3 is 20.9 Å². The summed E-state index contributed by atoms with van der Waals surface area (Å²) >= 11 is 9.45. The van der Waals surface area contributed by atoms with Gasteiger partial charge in [0.2, 0.25) is 5.95 Å². The molecule has 130 valence electrons. The van der Waals surface area contributed by atoms with Gasteiger partial charge in [-0.25, -0.2) is 5.84 Å². The molecule has 0 amide bonds. The molecule has 1 aromatic heterocycles. The van der Waals surface area contributed by atoms with Crippen molar-refractivity contribution in [3.05, 3.63) is 26.8 Å². The van der Waals surface area contributed by atoms with E-state index in [4.69, 9.17) is 38.4 Å². The molecule has 0 fully saturated rings.